The minimum Gasteiger partial charge on any atom is -0.270 e. The number of hydrogen-bond donors (Lipinski definition) is 0. The van der Waals surface area contributed by atoms with Crippen LogP contribution < -0.4 is 0 Å². The first kappa shape index (κ1) is 15.2. The fourth-order valence-electron chi connectivity index (χ4n) is 2.28. The van der Waals surface area contributed by atoms with E-state index in [1.165, 1.54) is 18.5 Å². The third-order valence-corrected chi connectivity index (χ3v) is 5.57. The number of hydrogen-bond acceptors (Lipinski definition) is 1. The molecule has 0 spiro atoms. The van der Waals surface area contributed by atoms with Crippen molar-refractivity contribution in [3.05, 3.63) is 17.5 Å². The van der Waals surface area contributed by atoms with Crippen LogP contribution in [0.5, 0.6) is 0 Å². The van der Waals surface area contributed by atoms with Gasteiger partial charge in [0.25, 0.3) is 0 Å². The van der Waals surface area contributed by atoms with E-state index in [0.717, 1.165) is 29.3 Å². The molecule has 1 aromatic rings. The highest BCUT2D eigenvalue weighted by Crippen LogP contribution is 2.33. The van der Waals surface area contributed by atoms with Gasteiger partial charge in [-0.3, -0.25) is 4.68 Å². The molecule has 0 atom stereocenters. The van der Waals surface area contributed by atoms with Crippen molar-refractivity contribution in [3.63, 3.8) is 0 Å². The lowest BCUT2D eigenvalue weighted by Crippen LogP contribution is -2.28. The molecule has 0 fully saturated rings. The molecule has 0 aliphatic rings. The summed E-state index contributed by atoms with van der Waals surface area (Å²) in [5.74, 6) is 0. The van der Waals surface area contributed by atoms with E-state index in [1.807, 2.05) is 0 Å². The maximum Gasteiger partial charge on any atom is 0.0596 e. The Morgan fingerprint density at radius 3 is 2.41 bits per heavy atom. The van der Waals surface area contributed by atoms with Gasteiger partial charge in [0, 0.05) is 22.9 Å². The molecule has 0 radical (unpaired) electrons. The van der Waals surface area contributed by atoms with Gasteiger partial charge in [-0.2, -0.15) is 5.10 Å². The Hall–Kier alpha value is 0.170. The number of aryl methyl sites for hydroxylation is 2. The van der Waals surface area contributed by atoms with Crippen molar-refractivity contribution in [1.82, 2.24) is 9.78 Å². The minimum atomic E-state index is 0.314. The zero-order valence-corrected chi connectivity index (χ0v) is 14.1. The molecule has 0 saturated heterocycles. The lowest BCUT2D eigenvalue weighted by Gasteiger charge is -2.29. The smallest absolute Gasteiger partial charge is 0.0596 e. The van der Waals surface area contributed by atoms with Gasteiger partial charge in [-0.15, -0.1) is 0 Å². The molecule has 0 aliphatic carbocycles. The summed E-state index contributed by atoms with van der Waals surface area (Å²) >= 11 is 7.37. The Bertz CT molecular complexity index is 343. The van der Waals surface area contributed by atoms with Crippen molar-refractivity contribution >= 4 is 31.9 Å². The lowest BCUT2D eigenvalue weighted by molar-refractivity contribution is 0.340. The van der Waals surface area contributed by atoms with Crippen molar-refractivity contribution < 1.29 is 0 Å². The van der Waals surface area contributed by atoms with Gasteiger partial charge in [0.15, 0.2) is 0 Å². The second-order valence-electron chi connectivity index (χ2n) is 4.79. The third-order valence-electron chi connectivity index (χ3n) is 3.19. The second-order valence-corrected chi connectivity index (χ2v) is 5.91. The van der Waals surface area contributed by atoms with Gasteiger partial charge < -0.3 is 0 Å². The first-order valence-electron chi connectivity index (χ1n) is 6.26. The predicted molar refractivity (Wildman–Crippen MR) is 81.3 cm³/mol. The quantitative estimate of drug-likeness (QED) is 0.657. The molecule has 0 N–H and O–H groups in total. The summed E-state index contributed by atoms with van der Waals surface area (Å²) in [4.78, 5) is 0. The summed E-state index contributed by atoms with van der Waals surface area (Å²) in [6, 6.07) is 2.22. The Morgan fingerprint density at radius 2 is 1.94 bits per heavy atom. The molecule has 0 amide bonds. The highest BCUT2D eigenvalue weighted by atomic mass is 79.9. The van der Waals surface area contributed by atoms with Crippen LogP contribution in [-0.2, 0) is 13.0 Å². The van der Waals surface area contributed by atoms with E-state index < -0.39 is 0 Å². The summed E-state index contributed by atoms with van der Waals surface area (Å²) in [6.07, 6.45) is 3.54. The molecular formula is C13H22Br2N2. The van der Waals surface area contributed by atoms with E-state index in [4.69, 9.17) is 0 Å². The fourth-order valence-corrected chi connectivity index (χ4v) is 4.17. The molecule has 4 heteroatoms. The van der Waals surface area contributed by atoms with Gasteiger partial charge in [0.2, 0.25) is 0 Å². The van der Waals surface area contributed by atoms with Gasteiger partial charge in [-0.25, -0.2) is 0 Å². The molecule has 1 rings (SSSR count). The van der Waals surface area contributed by atoms with Gasteiger partial charge in [0.05, 0.1) is 5.69 Å². The highest BCUT2D eigenvalue weighted by Gasteiger charge is 2.28. The van der Waals surface area contributed by atoms with Crippen molar-refractivity contribution in [1.29, 1.82) is 0 Å². The Labute approximate surface area is 121 Å². The Balaban J connectivity index is 2.91. The van der Waals surface area contributed by atoms with Crippen LogP contribution in [-0.4, -0.2) is 20.4 Å². The highest BCUT2D eigenvalue weighted by molar-refractivity contribution is 9.09. The molecule has 0 aromatic carbocycles. The first-order chi connectivity index (χ1) is 8.10. The summed E-state index contributed by atoms with van der Waals surface area (Å²) in [7, 11) is 0. The maximum atomic E-state index is 4.53. The average molecular weight is 366 g/mol. The summed E-state index contributed by atoms with van der Waals surface area (Å²) < 4.78 is 2.13. The molecule has 0 saturated carbocycles. The largest absolute Gasteiger partial charge is 0.270 e. The zero-order valence-electron chi connectivity index (χ0n) is 11.0. The van der Waals surface area contributed by atoms with Crippen LogP contribution in [0.25, 0.3) is 0 Å². The summed E-state index contributed by atoms with van der Waals surface area (Å²) in [5.41, 5.74) is 2.79. The van der Waals surface area contributed by atoms with Crippen molar-refractivity contribution in [2.75, 3.05) is 10.7 Å². The van der Waals surface area contributed by atoms with Crippen molar-refractivity contribution in [2.24, 2.45) is 5.41 Å². The van der Waals surface area contributed by atoms with E-state index >= 15 is 0 Å². The van der Waals surface area contributed by atoms with E-state index in [2.05, 4.69) is 68.5 Å². The normalized spacial score (nSPS) is 12.1. The average Bonchev–Trinajstić information content (AvgIpc) is 2.68. The van der Waals surface area contributed by atoms with Crippen LogP contribution in [0.15, 0.2) is 6.07 Å². The van der Waals surface area contributed by atoms with Crippen LogP contribution >= 0.6 is 31.9 Å². The lowest BCUT2D eigenvalue weighted by atomic mass is 9.83. The van der Waals surface area contributed by atoms with E-state index in [1.54, 1.807) is 0 Å². The fraction of sp³-hybridized carbons (Fsp3) is 0.769. The standard InChI is InChI=1S/C13H22Br2N2/c1-4-6-13(9-14,10-15)8-12-7-11(3)16-17(12)5-2/h7H,4-6,8-10H2,1-3H3. The monoisotopic (exact) mass is 364 g/mol. The van der Waals surface area contributed by atoms with Crippen LogP contribution in [0, 0.1) is 12.3 Å². The van der Waals surface area contributed by atoms with Crippen LogP contribution in [0.2, 0.25) is 0 Å². The number of nitrogens with zero attached hydrogens (tertiary/aromatic N) is 2. The molecule has 1 heterocycles. The predicted octanol–water partition coefficient (Wildman–Crippen LogP) is 4.33. The van der Waals surface area contributed by atoms with Crippen LogP contribution in [0.4, 0.5) is 0 Å². The topological polar surface area (TPSA) is 17.8 Å². The first-order valence-corrected chi connectivity index (χ1v) is 8.50. The molecule has 1 aromatic heterocycles. The molecule has 0 bridgehead atoms. The summed E-state index contributed by atoms with van der Waals surface area (Å²) in [5, 5.41) is 6.60. The zero-order chi connectivity index (χ0) is 12.9. The van der Waals surface area contributed by atoms with Crippen molar-refractivity contribution in [2.45, 2.75) is 46.6 Å². The van der Waals surface area contributed by atoms with Gasteiger partial charge in [-0.05, 0) is 38.2 Å². The Morgan fingerprint density at radius 1 is 1.29 bits per heavy atom. The van der Waals surface area contributed by atoms with Gasteiger partial charge in [0.1, 0.15) is 0 Å². The SMILES string of the molecule is CCCC(CBr)(CBr)Cc1cc(C)nn1CC. The van der Waals surface area contributed by atoms with Crippen LogP contribution in [0.1, 0.15) is 38.1 Å². The molecule has 17 heavy (non-hydrogen) atoms. The Kier molecular flexibility index (Phi) is 6.21. The molecule has 2 nitrogen and oxygen atoms in total. The van der Waals surface area contributed by atoms with E-state index in [0.29, 0.717) is 5.41 Å². The number of alkyl halides is 2. The molecule has 0 unspecified atom stereocenters. The molecular weight excluding hydrogens is 344 g/mol. The third kappa shape index (κ3) is 3.82. The number of halogens is 2. The van der Waals surface area contributed by atoms with Crippen molar-refractivity contribution in [3.8, 4) is 0 Å². The maximum absolute atomic E-state index is 4.53. The van der Waals surface area contributed by atoms with Crippen LogP contribution in [0.3, 0.4) is 0 Å². The number of rotatable bonds is 7. The van der Waals surface area contributed by atoms with E-state index in [-0.39, 0.29) is 0 Å². The second kappa shape index (κ2) is 6.93. The number of aromatic nitrogens is 2. The van der Waals surface area contributed by atoms with E-state index in [9.17, 15) is 0 Å². The molecule has 98 valence electrons. The molecule has 0 aliphatic heterocycles. The summed E-state index contributed by atoms with van der Waals surface area (Å²) in [6.45, 7) is 7.43. The van der Waals surface area contributed by atoms with Gasteiger partial charge in [-0.1, -0.05) is 45.2 Å². The minimum absolute atomic E-state index is 0.314. The van der Waals surface area contributed by atoms with Gasteiger partial charge >= 0.3 is 0 Å².